The Bertz CT molecular complexity index is 594. The smallest absolute Gasteiger partial charge is 0.151 e. The molecule has 4 heteroatoms. The molecule has 5 atom stereocenters. The molecule has 0 bridgehead atoms. The molecule has 2 N–H and O–H groups in total. The van der Waals surface area contributed by atoms with Gasteiger partial charge in [0.2, 0.25) is 0 Å². The molecule has 0 aromatic heterocycles. The Morgan fingerprint density at radius 2 is 2.04 bits per heavy atom. The van der Waals surface area contributed by atoms with Gasteiger partial charge in [0.15, 0.2) is 11.1 Å². The van der Waals surface area contributed by atoms with Gasteiger partial charge in [-0.05, 0) is 74.0 Å². The van der Waals surface area contributed by atoms with Crippen molar-refractivity contribution in [1.29, 1.82) is 0 Å². The minimum atomic E-state index is -1.07. The van der Waals surface area contributed by atoms with E-state index < -0.39 is 11.1 Å². The predicted octanol–water partition coefficient (Wildman–Crippen LogP) is 5.55. The Balaban J connectivity index is 0.000000542. The van der Waals surface area contributed by atoms with E-state index in [4.69, 9.17) is 0 Å². The lowest BCUT2D eigenvalue weighted by atomic mass is 9.54. The van der Waals surface area contributed by atoms with Gasteiger partial charge in [0.1, 0.15) is 0 Å². The summed E-state index contributed by atoms with van der Waals surface area (Å²) in [5.74, 6) is 1.62. The van der Waals surface area contributed by atoms with Gasteiger partial charge in [0.05, 0.1) is 7.11 Å². The largest absolute Gasteiger partial charge is 0.412 e. The van der Waals surface area contributed by atoms with Gasteiger partial charge >= 0.3 is 0 Å². The zero-order valence-electron chi connectivity index (χ0n) is 18.0. The van der Waals surface area contributed by atoms with E-state index in [0.29, 0.717) is 10.8 Å². The van der Waals surface area contributed by atoms with Crippen molar-refractivity contribution < 1.29 is 13.9 Å². The summed E-state index contributed by atoms with van der Waals surface area (Å²) in [7, 11) is 1.40. The summed E-state index contributed by atoms with van der Waals surface area (Å²) >= 11 is -1.07. The normalized spacial score (nSPS) is 36.2. The van der Waals surface area contributed by atoms with Crippen LogP contribution in [0.3, 0.4) is 0 Å². The number of hydrogen-bond acceptors (Lipinski definition) is 2. The zero-order valence-corrected chi connectivity index (χ0v) is 18.8. The Morgan fingerprint density at radius 1 is 1.37 bits per heavy atom. The monoisotopic (exact) mass is 396 g/mol. The highest BCUT2D eigenvalue weighted by atomic mass is 32.2. The van der Waals surface area contributed by atoms with Crippen molar-refractivity contribution in [2.45, 2.75) is 72.1 Å². The molecule has 0 aromatic rings. The van der Waals surface area contributed by atoms with E-state index in [1.807, 2.05) is 5.57 Å². The first-order chi connectivity index (χ1) is 12.3. The van der Waals surface area contributed by atoms with Crippen molar-refractivity contribution in [1.82, 2.24) is 0 Å². The van der Waals surface area contributed by atoms with Crippen LogP contribution in [0.25, 0.3) is 0 Å². The van der Waals surface area contributed by atoms with Crippen LogP contribution in [-0.2, 0) is 15.3 Å². The minimum absolute atomic E-state index is 0. The maximum atomic E-state index is 9.70. The van der Waals surface area contributed by atoms with Crippen molar-refractivity contribution in [2.24, 2.45) is 22.7 Å². The van der Waals surface area contributed by atoms with Crippen LogP contribution in [0.1, 0.15) is 72.1 Å². The standard InChI is InChI=1S/C21H32.C2H6O2S.H2O/c1-5-16-8-7-12-21(4)18(14-16)10-9-17-15-20(3,6-2)13-11-19(17)21;1-4-5(2)3;/h6,11,14,17-18H,2,5,7-10,12-13,15H2,1,3-4H3;1-2H3;1H2/t17?,18?,20-,21+;;/m0../s1. The minimum Gasteiger partial charge on any atom is -0.412 e. The highest BCUT2D eigenvalue weighted by Crippen LogP contribution is 2.57. The van der Waals surface area contributed by atoms with Crippen molar-refractivity contribution >= 4 is 11.1 Å². The Hall–Kier alpha value is -0.710. The molecule has 3 nitrogen and oxygen atoms in total. The predicted molar refractivity (Wildman–Crippen MR) is 117 cm³/mol. The topological polar surface area (TPSA) is 57.8 Å². The van der Waals surface area contributed by atoms with E-state index in [9.17, 15) is 4.21 Å². The average Bonchev–Trinajstić information content (AvgIpc) is 2.80. The molecule has 0 spiro atoms. The van der Waals surface area contributed by atoms with E-state index in [1.54, 1.807) is 5.57 Å². The third-order valence-corrected chi connectivity index (χ3v) is 7.53. The summed E-state index contributed by atoms with van der Waals surface area (Å²) in [5.41, 5.74) is 4.32. The van der Waals surface area contributed by atoms with Crippen LogP contribution < -0.4 is 0 Å². The first kappa shape index (κ1) is 24.3. The SMILES string of the molecule is C=C[C@@]1(C)CC=C2C(CCC3C=C(CC)CCC[C@@]23C)C1.COS(C)=O.O. The van der Waals surface area contributed by atoms with E-state index in [1.165, 1.54) is 64.7 Å². The van der Waals surface area contributed by atoms with Crippen molar-refractivity contribution in [3.05, 3.63) is 36.0 Å². The third-order valence-electron chi connectivity index (χ3n) is 7.06. The summed E-state index contributed by atoms with van der Waals surface area (Å²) in [6, 6.07) is 0. The second-order valence-corrected chi connectivity index (χ2v) is 9.96. The van der Waals surface area contributed by atoms with E-state index in [0.717, 1.165) is 11.8 Å². The number of rotatable bonds is 3. The fourth-order valence-electron chi connectivity index (χ4n) is 5.25. The van der Waals surface area contributed by atoms with Crippen molar-refractivity contribution in [3.63, 3.8) is 0 Å². The average molecular weight is 397 g/mol. The van der Waals surface area contributed by atoms with Crippen LogP contribution in [0.2, 0.25) is 0 Å². The molecule has 156 valence electrons. The van der Waals surface area contributed by atoms with E-state index in [-0.39, 0.29) is 5.48 Å². The first-order valence-corrected chi connectivity index (χ1v) is 11.7. The lowest BCUT2D eigenvalue weighted by molar-refractivity contribution is 0.142. The molecule has 1 saturated carbocycles. The molecule has 3 unspecified atom stereocenters. The van der Waals surface area contributed by atoms with Gasteiger partial charge in [-0.3, -0.25) is 4.18 Å². The fourth-order valence-corrected chi connectivity index (χ4v) is 5.25. The van der Waals surface area contributed by atoms with Crippen molar-refractivity contribution in [2.75, 3.05) is 13.4 Å². The van der Waals surface area contributed by atoms with Gasteiger partial charge in [0, 0.05) is 6.26 Å². The third kappa shape index (κ3) is 5.65. The molecule has 0 aromatic carbocycles. The molecule has 0 saturated heterocycles. The summed E-state index contributed by atoms with van der Waals surface area (Å²) in [6.45, 7) is 11.4. The summed E-state index contributed by atoms with van der Waals surface area (Å²) in [6.07, 6.45) is 19.7. The van der Waals surface area contributed by atoms with Crippen LogP contribution in [0, 0.1) is 22.7 Å². The summed E-state index contributed by atoms with van der Waals surface area (Å²) < 4.78 is 13.9. The zero-order chi connectivity index (χ0) is 19.4. The number of fused-ring (bicyclic) bond motifs is 3. The lowest BCUT2D eigenvalue weighted by Gasteiger charge is -2.50. The maximum absolute atomic E-state index is 9.70. The Labute approximate surface area is 169 Å². The van der Waals surface area contributed by atoms with Crippen LogP contribution in [0.15, 0.2) is 36.0 Å². The van der Waals surface area contributed by atoms with Crippen LogP contribution >= 0.6 is 0 Å². The highest BCUT2D eigenvalue weighted by molar-refractivity contribution is 7.79. The molecule has 3 rings (SSSR count). The maximum Gasteiger partial charge on any atom is 0.151 e. The first-order valence-electron chi connectivity index (χ1n) is 10.2. The van der Waals surface area contributed by atoms with Crippen LogP contribution in [0.5, 0.6) is 0 Å². The van der Waals surface area contributed by atoms with Gasteiger partial charge in [-0.25, -0.2) is 4.21 Å². The molecular weight excluding hydrogens is 356 g/mol. The van der Waals surface area contributed by atoms with Gasteiger partial charge in [0.25, 0.3) is 0 Å². The molecule has 3 aliphatic rings. The molecule has 0 amide bonds. The lowest BCUT2D eigenvalue weighted by Crippen LogP contribution is -2.40. The van der Waals surface area contributed by atoms with Crippen LogP contribution in [-0.4, -0.2) is 23.1 Å². The quantitative estimate of drug-likeness (QED) is 0.587. The molecule has 0 aliphatic heterocycles. The van der Waals surface area contributed by atoms with Gasteiger partial charge in [-0.1, -0.05) is 50.1 Å². The van der Waals surface area contributed by atoms with Crippen LogP contribution in [0.4, 0.5) is 0 Å². The Kier molecular flexibility index (Phi) is 9.17. The van der Waals surface area contributed by atoms with Gasteiger partial charge < -0.3 is 5.48 Å². The summed E-state index contributed by atoms with van der Waals surface area (Å²) in [4.78, 5) is 0. The fraction of sp³-hybridized carbons (Fsp3) is 0.739. The second kappa shape index (κ2) is 10.2. The molecule has 0 heterocycles. The summed E-state index contributed by atoms with van der Waals surface area (Å²) in [5, 5.41) is 0. The van der Waals surface area contributed by atoms with Gasteiger partial charge in [-0.15, -0.1) is 6.58 Å². The second-order valence-electron chi connectivity index (χ2n) is 8.82. The molecule has 1 fully saturated rings. The Morgan fingerprint density at radius 3 is 2.59 bits per heavy atom. The van der Waals surface area contributed by atoms with E-state index >= 15 is 0 Å². The van der Waals surface area contributed by atoms with Crippen molar-refractivity contribution in [3.8, 4) is 0 Å². The highest BCUT2D eigenvalue weighted by Gasteiger charge is 2.46. The molecule has 3 aliphatic carbocycles. The van der Waals surface area contributed by atoms with E-state index in [2.05, 4.69) is 49.8 Å². The molecular formula is C23H40O3S. The van der Waals surface area contributed by atoms with Gasteiger partial charge in [-0.2, -0.15) is 0 Å². The molecule has 0 radical (unpaired) electrons. The number of hydrogen-bond donors (Lipinski definition) is 0. The molecule has 27 heavy (non-hydrogen) atoms. The number of allylic oxidation sites excluding steroid dienone is 5.